The zero-order valence-corrected chi connectivity index (χ0v) is 15.7. The summed E-state index contributed by atoms with van der Waals surface area (Å²) in [6, 6.07) is 12.4. The normalized spacial score (nSPS) is 13.4. The molecular formula is C18H22N4O3S. The van der Waals surface area contributed by atoms with Gasteiger partial charge in [0.15, 0.2) is 0 Å². The highest BCUT2D eigenvalue weighted by Gasteiger charge is 2.20. The molecule has 1 heterocycles. The van der Waals surface area contributed by atoms with E-state index in [2.05, 4.69) is 14.7 Å². The molecule has 0 aliphatic rings. The van der Waals surface area contributed by atoms with Gasteiger partial charge in [-0.1, -0.05) is 29.8 Å². The summed E-state index contributed by atoms with van der Waals surface area (Å²) < 4.78 is 28.0. The third-order valence-corrected chi connectivity index (χ3v) is 5.77. The summed E-state index contributed by atoms with van der Waals surface area (Å²) in [6.45, 7) is 2.25. The van der Waals surface area contributed by atoms with Crippen LogP contribution in [0.1, 0.15) is 17.2 Å². The Balaban J connectivity index is 1.82. The number of hydrogen-bond acceptors (Lipinski definition) is 4. The van der Waals surface area contributed by atoms with Crippen molar-refractivity contribution in [2.45, 2.75) is 17.9 Å². The van der Waals surface area contributed by atoms with E-state index in [1.165, 1.54) is 12.1 Å². The Kier molecular flexibility index (Phi) is 4.99. The largest absolute Gasteiger partial charge is 0.323 e. The second kappa shape index (κ2) is 7.06. The van der Waals surface area contributed by atoms with Crippen molar-refractivity contribution in [3.05, 3.63) is 64.1 Å². The van der Waals surface area contributed by atoms with Crippen LogP contribution in [-0.2, 0) is 10.0 Å². The molecular weight excluding hydrogens is 352 g/mol. The number of nitrogens with one attached hydrogen (secondary N) is 3. The molecule has 1 atom stereocenters. The molecule has 138 valence electrons. The first-order valence-electron chi connectivity index (χ1n) is 8.21. The van der Waals surface area contributed by atoms with E-state index in [1.807, 2.05) is 50.2 Å². The number of imidazole rings is 1. The number of nitrogens with zero attached hydrogens (tertiary/aromatic N) is 1. The summed E-state index contributed by atoms with van der Waals surface area (Å²) in [5.74, 6) is 0. The first-order chi connectivity index (χ1) is 12.3. The number of rotatable bonds is 6. The first-order valence-corrected chi connectivity index (χ1v) is 9.69. The van der Waals surface area contributed by atoms with Crippen molar-refractivity contribution in [1.29, 1.82) is 0 Å². The van der Waals surface area contributed by atoms with Gasteiger partial charge in [0.1, 0.15) is 0 Å². The summed E-state index contributed by atoms with van der Waals surface area (Å²) in [5.41, 5.74) is 2.85. The Morgan fingerprint density at radius 2 is 1.69 bits per heavy atom. The third-order valence-electron chi connectivity index (χ3n) is 4.35. The number of likely N-dealkylation sites (N-methyl/N-ethyl adjacent to an activating group) is 1. The van der Waals surface area contributed by atoms with Crippen molar-refractivity contribution in [1.82, 2.24) is 19.6 Å². The monoisotopic (exact) mass is 374 g/mol. The minimum atomic E-state index is -3.70. The minimum absolute atomic E-state index is 0.0961. The molecule has 0 saturated carbocycles. The van der Waals surface area contributed by atoms with Crippen LogP contribution in [-0.4, -0.2) is 43.9 Å². The van der Waals surface area contributed by atoms with Crippen LogP contribution in [0, 0.1) is 6.92 Å². The molecule has 0 fully saturated rings. The molecule has 8 heteroatoms. The molecule has 3 N–H and O–H groups in total. The molecule has 3 aromatic rings. The molecule has 0 bridgehead atoms. The van der Waals surface area contributed by atoms with Gasteiger partial charge in [-0.2, -0.15) is 0 Å². The molecule has 1 unspecified atom stereocenters. The zero-order chi connectivity index (χ0) is 18.9. The van der Waals surface area contributed by atoms with E-state index >= 15 is 0 Å². The van der Waals surface area contributed by atoms with Crippen LogP contribution in [0.2, 0.25) is 0 Å². The maximum absolute atomic E-state index is 12.7. The van der Waals surface area contributed by atoms with Gasteiger partial charge in [0, 0.05) is 12.6 Å². The van der Waals surface area contributed by atoms with Crippen molar-refractivity contribution in [3.63, 3.8) is 0 Å². The molecule has 0 radical (unpaired) electrons. The number of aromatic nitrogens is 2. The average molecular weight is 374 g/mol. The Morgan fingerprint density at radius 3 is 2.35 bits per heavy atom. The predicted molar refractivity (Wildman–Crippen MR) is 102 cm³/mol. The van der Waals surface area contributed by atoms with Crippen LogP contribution in [0.3, 0.4) is 0 Å². The SMILES string of the molecule is Cc1ccc(C(CNS(=O)(=O)c2ccc3[nH]c(=O)[nH]c3c2)N(C)C)cc1. The van der Waals surface area contributed by atoms with E-state index in [9.17, 15) is 13.2 Å². The lowest BCUT2D eigenvalue weighted by Gasteiger charge is -2.25. The quantitative estimate of drug-likeness (QED) is 0.612. The van der Waals surface area contributed by atoms with Crippen molar-refractivity contribution in [2.75, 3.05) is 20.6 Å². The van der Waals surface area contributed by atoms with E-state index in [1.54, 1.807) is 6.07 Å². The number of aryl methyl sites for hydroxylation is 1. The van der Waals surface area contributed by atoms with Crippen LogP contribution < -0.4 is 10.4 Å². The number of sulfonamides is 1. The van der Waals surface area contributed by atoms with E-state index in [4.69, 9.17) is 0 Å². The molecule has 1 aromatic heterocycles. The summed E-state index contributed by atoms with van der Waals surface area (Å²) in [4.78, 5) is 18.6. The van der Waals surface area contributed by atoms with E-state index < -0.39 is 10.0 Å². The van der Waals surface area contributed by atoms with Gasteiger partial charge in [0.2, 0.25) is 10.0 Å². The fourth-order valence-electron chi connectivity index (χ4n) is 2.84. The van der Waals surface area contributed by atoms with Crippen LogP contribution in [0.15, 0.2) is 52.2 Å². The van der Waals surface area contributed by atoms with Gasteiger partial charge >= 0.3 is 5.69 Å². The molecule has 0 spiro atoms. The molecule has 0 aliphatic heterocycles. The fourth-order valence-corrected chi connectivity index (χ4v) is 3.90. The van der Waals surface area contributed by atoms with E-state index in [0.717, 1.165) is 11.1 Å². The fraction of sp³-hybridized carbons (Fsp3) is 0.278. The lowest BCUT2D eigenvalue weighted by molar-refractivity contribution is 0.299. The number of benzene rings is 2. The lowest BCUT2D eigenvalue weighted by Crippen LogP contribution is -2.34. The average Bonchev–Trinajstić information content (AvgIpc) is 2.95. The maximum Gasteiger partial charge on any atom is 0.323 e. The highest BCUT2D eigenvalue weighted by Crippen LogP contribution is 2.20. The Labute approximate surface area is 152 Å². The molecule has 0 saturated heterocycles. The van der Waals surface area contributed by atoms with Crippen LogP contribution in [0.4, 0.5) is 0 Å². The summed E-state index contributed by atoms with van der Waals surface area (Å²) >= 11 is 0. The van der Waals surface area contributed by atoms with Crippen LogP contribution in [0.25, 0.3) is 11.0 Å². The summed E-state index contributed by atoms with van der Waals surface area (Å²) in [5, 5.41) is 0. The molecule has 26 heavy (non-hydrogen) atoms. The zero-order valence-electron chi connectivity index (χ0n) is 14.9. The topological polar surface area (TPSA) is 98.1 Å². The summed E-state index contributed by atoms with van der Waals surface area (Å²) in [6.07, 6.45) is 0. The van der Waals surface area contributed by atoms with Crippen molar-refractivity contribution >= 4 is 21.1 Å². The first kappa shape index (κ1) is 18.4. The van der Waals surface area contributed by atoms with Crippen molar-refractivity contribution in [2.24, 2.45) is 0 Å². The standard InChI is InChI=1S/C18H22N4O3S/c1-12-4-6-13(7-5-12)17(22(2)3)11-19-26(24,25)14-8-9-15-16(10-14)21-18(23)20-15/h4-10,17,19H,11H2,1-3H3,(H2,20,21,23). The highest BCUT2D eigenvalue weighted by atomic mass is 32.2. The maximum atomic E-state index is 12.7. The van der Waals surface area contributed by atoms with Crippen molar-refractivity contribution in [3.8, 4) is 0 Å². The van der Waals surface area contributed by atoms with Crippen molar-refractivity contribution < 1.29 is 8.42 Å². The number of fused-ring (bicyclic) bond motifs is 1. The highest BCUT2D eigenvalue weighted by molar-refractivity contribution is 7.89. The molecule has 2 aromatic carbocycles. The van der Waals surface area contributed by atoms with Gasteiger partial charge in [-0.25, -0.2) is 17.9 Å². The molecule has 0 amide bonds. The predicted octanol–water partition coefficient (Wildman–Crippen LogP) is 1.75. The number of aromatic amines is 2. The lowest BCUT2D eigenvalue weighted by atomic mass is 10.0. The Hall–Kier alpha value is -2.42. The minimum Gasteiger partial charge on any atom is -0.306 e. The van der Waals surface area contributed by atoms with Gasteiger partial charge in [0.25, 0.3) is 0 Å². The molecule has 3 rings (SSSR count). The second-order valence-corrected chi connectivity index (χ2v) is 8.30. The van der Waals surface area contributed by atoms with Gasteiger partial charge < -0.3 is 14.9 Å². The molecule has 0 aliphatic carbocycles. The van der Waals surface area contributed by atoms with E-state index in [-0.39, 0.29) is 23.2 Å². The number of H-pyrrole nitrogens is 2. The third kappa shape index (κ3) is 3.87. The summed E-state index contributed by atoms with van der Waals surface area (Å²) in [7, 11) is 0.124. The molecule has 7 nitrogen and oxygen atoms in total. The van der Waals surface area contributed by atoms with Gasteiger partial charge in [0.05, 0.1) is 15.9 Å². The second-order valence-electron chi connectivity index (χ2n) is 6.53. The smallest absolute Gasteiger partial charge is 0.306 e. The van der Waals surface area contributed by atoms with Gasteiger partial charge in [-0.3, -0.25) is 0 Å². The van der Waals surface area contributed by atoms with Gasteiger partial charge in [-0.05, 0) is 44.8 Å². The van der Waals surface area contributed by atoms with Gasteiger partial charge in [-0.15, -0.1) is 0 Å². The number of hydrogen-bond donors (Lipinski definition) is 3. The van der Waals surface area contributed by atoms with Crippen LogP contribution >= 0.6 is 0 Å². The van der Waals surface area contributed by atoms with Crippen LogP contribution in [0.5, 0.6) is 0 Å². The van der Waals surface area contributed by atoms with E-state index in [0.29, 0.717) is 11.0 Å². The Bertz CT molecular complexity index is 1070. The Morgan fingerprint density at radius 1 is 1.04 bits per heavy atom.